The fourth-order valence-corrected chi connectivity index (χ4v) is 2.46. The van der Waals surface area contributed by atoms with Gasteiger partial charge in [-0.25, -0.2) is 0 Å². The van der Waals surface area contributed by atoms with Crippen molar-refractivity contribution >= 4 is 5.78 Å². The minimum absolute atomic E-state index is 0.132. The molecular formula is C12H18O3. The molecule has 2 rings (SSSR count). The van der Waals surface area contributed by atoms with Crippen molar-refractivity contribution < 1.29 is 14.3 Å². The molecular weight excluding hydrogens is 192 g/mol. The van der Waals surface area contributed by atoms with Crippen molar-refractivity contribution in [1.29, 1.82) is 0 Å². The van der Waals surface area contributed by atoms with Crippen LogP contribution >= 0.6 is 0 Å². The maximum atomic E-state index is 11.2. The Morgan fingerprint density at radius 2 is 2.33 bits per heavy atom. The minimum Gasteiger partial charge on any atom is -0.381 e. The van der Waals surface area contributed by atoms with E-state index in [1.807, 2.05) is 0 Å². The van der Waals surface area contributed by atoms with Crippen molar-refractivity contribution in [3.05, 3.63) is 11.6 Å². The molecule has 0 aromatic carbocycles. The highest BCUT2D eigenvalue weighted by atomic mass is 16.5. The number of fused-ring (bicyclic) bond motifs is 1. The Hall–Kier alpha value is -0.670. The highest BCUT2D eigenvalue weighted by Crippen LogP contribution is 2.33. The van der Waals surface area contributed by atoms with Gasteiger partial charge in [0.05, 0.1) is 18.8 Å². The lowest BCUT2D eigenvalue weighted by molar-refractivity contribution is -0.115. The highest BCUT2D eigenvalue weighted by molar-refractivity contribution is 5.93. The molecule has 1 saturated carbocycles. The lowest BCUT2D eigenvalue weighted by Crippen LogP contribution is -2.37. The van der Waals surface area contributed by atoms with Gasteiger partial charge < -0.3 is 9.47 Å². The van der Waals surface area contributed by atoms with Crippen LogP contribution in [0.1, 0.15) is 26.2 Å². The molecule has 1 fully saturated rings. The Morgan fingerprint density at radius 3 is 3.00 bits per heavy atom. The summed E-state index contributed by atoms with van der Waals surface area (Å²) in [5.74, 6) is 0.504. The summed E-state index contributed by atoms with van der Waals surface area (Å²) >= 11 is 0. The molecule has 0 aromatic heterocycles. The van der Waals surface area contributed by atoms with Gasteiger partial charge in [-0.2, -0.15) is 0 Å². The second kappa shape index (κ2) is 4.45. The third-order valence-corrected chi connectivity index (χ3v) is 3.44. The molecule has 0 radical (unpaired) electrons. The Kier molecular flexibility index (Phi) is 3.22. The van der Waals surface area contributed by atoms with Crippen LogP contribution in [0.25, 0.3) is 0 Å². The first-order valence-electron chi connectivity index (χ1n) is 5.56. The Morgan fingerprint density at radius 1 is 1.53 bits per heavy atom. The number of rotatable bonds is 2. The molecule has 15 heavy (non-hydrogen) atoms. The molecule has 1 aliphatic carbocycles. The van der Waals surface area contributed by atoms with E-state index in [4.69, 9.17) is 9.47 Å². The van der Waals surface area contributed by atoms with E-state index in [1.165, 1.54) is 0 Å². The Bertz CT molecular complexity index is 283. The highest BCUT2D eigenvalue weighted by Gasteiger charge is 2.33. The van der Waals surface area contributed by atoms with Crippen molar-refractivity contribution in [3.63, 3.8) is 0 Å². The predicted molar refractivity (Wildman–Crippen MR) is 56.6 cm³/mol. The first-order chi connectivity index (χ1) is 7.20. The molecule has 0 amide bonds. The number of Topliss-reactive ketones (excluding diaryl/α,β-unsaturated/α-hetero) is 1. The summed E-state index contributed by atoms with van der Waals surface area (Å²) in [6.45, 7) is 2.10. The number of methoxy groups -OCH3 is 1. The van der Waals surface area contributed by atoms with Crippen LogP contribution in [0.5, 0.6) is 0 Å². The molecule has 1 heterocycles. The standard InChI is InChI=1S/C12H18O3/c1-8(13)10-5-9-6-11(14-2)3-4-12(9)15-7-10/h5,9,11-12H,3-4,6-7H2,1-2H3. The summed E-state index contributed by atoms with van der Waals surface area (Å²) in [4.78, 5) is 11.2. The lowest BCUT2D eigenvalue weighted by Gasteiger charge is -2.37. The van der Waals surface area contributed by atoms with E-state index in [9.17, 15) is 4.79 Å². The lowest BCUT2D eigenvalue weighted by atomic mass is 9.81. The van der Waals surface area contributed by atoms with Crippen LogP contribution in [0.3, 0.4) is 0 Å². The molecule has 0 N–H and O–H groups in total. The third-order valence-electron chi connectivity index (χ3n) is 3.44. The van der Waals surface area contributed by atoms with Gasteiger partial charge in [0.2, 0.25) is 0 Å². The molecule has 0 bridgehead atoms. The second-order valence-electron chi connectivity index (χ2n) is 4.43. The summed E-state index contributed by atoms with van der Waals surface area (Å²) in [7, 11) is 1.75. The molecule has 3 heteroatoms. The quantitative estimate of drug-likeness (QED) is 0.696. The van der Waals surface area contributed by atoms with E-state index in [0.717, 1.165) is 24.8 Å². The van der Waals surface area contributed by atoms with Crippen LogP contribution in [0, 0.1) is 5.92 Å². The number of hydrogen-bond donors (Lipinski definition) is 0. The summed E-state index contributed by atoms with van der Waals surface area (Å²) in [6, 6.07) is 0. The fourth-order valence-electron chi connectivity index (χ4n) is 2.46. The second-order valence-corrected chi connectivity index (χ2v) is 4.43. The number of hydrogen-bond acceptors (Lipinski definition) is 3. The van der Waals surface area contributed by atoms with Crippen molar-refractivity contribution in [3.8, 4) is 0 Å². The van der Waals surface area contributed by atoms with Gasteiger partial charge in [0.15, 0.2) is 5.78 Å². The van der Waals surface area contributed by atoms with Crippen LogP contribution < -0.4 is 0 Å². The van der Waals surface area contributed by atoms with Gasteiger partial charge in [0.25, 0.3) is 0 Å². The van der Waals surface area contributed by atoms with Crippen molar-refractivity contribution in [2.75, 3.05) is 13.7 Å². The molecule has 3 unspecified atom stereocenters. The number of carbonyl (C=O) groups is 1. The fraction of sp³-hybridized carbons (Fsp3) is 0.750. The normalized spacial score (nSPS) is 35.6. The predicted octanol–water partition coefficient (Wildman–Crippen LogP) is 1.72. The van der Waals surface area contributed by atoms with Crippen molar-refractivity contribution in [2.24, 2.45) is 5.92 Å². The summed E-state index contributed by atoms with van der Waals surface area (Å²) in [5, 5.41) is 0. The molecule has 1 aliphatic heterocycles. The van der Waals surface area contributed by atoms with Gasteiger partial charge >= 0.3 is 0 Å². The van der Waals surface area contributed by atoms with E-state index in [1.54, 1.807) is 14.0 Å². The van der Waals surface area contributed by atoms with E-state index in [2.05, 4.69) is 6.08 Å². The van der Waals surface area contributed by atoms with Gasteiger partial charge in [-0.3, -0.25) is 4.79 Å². The molecule has 0 spiro atoms. The van der Waals surface area contributed by atoms with Crippen LogP contribution in [-0.4, -0.2) is 31.7 Å². The molecule has 84 valence electrons. The molecule has 0 aromatic rings. The number of ether oxygens (including phenoxy) is 2. The Balaban J connectivity index is 2.08. The van der Waals surface area contributed by atoms with Gasteiger partial charge in [-0.1, -0.05) is 6.08 Å². The van der Waals surface area contributed by atoms with Gasteiger partial charge in [-0.05, 0) is 26.2 Å². The van der Waals surface area contributed by atoms with Gasteiger partial charge in [-0.15, -0.1) is 0 Å². The average Bonchev–Trinajstić information content (AvgIpc) is 2.27. The summed E-state index contributed by atoms with van der Waals surface area (Å²) < 4.78 is 11.1. The maximum absolute atomic E-state index is 11.2. The minimum atomic E-state index is 0.132. The summed E-state index contributed by atoms with van der Waals surface area (Å²) in [5.41, 5.74) is 0.827. The average molecular weight is 210 g/mol. The molecule has 3 nitrogen and oxygen atoms in total. The molecule has 2 aliphatic rings. The molecule has 0 saturated heterocycles. The van der Waals surface area contributed by atoms with Crippen LogP contribution in [-0.2, 0) is 14.3 Å². The topological polar surface area (TPSA) is 35.5 Å². The molecule has 3 atom stereocenters. The first kappa shape index (κ1) is 10.8. The zero-order chi connectivity index (χ0) is 10.8. The third kappa shape index (κ3) is 2.29. The Labute approximate surface area is 90.4 Å². The number of carbonyl (C=O) groups excluding carboxylic acids is 1. The SMILES string of the molecule is COC1CCC2OCC(C(C)=O)=CC2C1. The van der Waals surface area contributed by atoms with Crippen LogP contribution in [0.4, 0.5) is 0 Å². The van der Waals surface area contributed by atoms with E-state index >= 15 is 0 Å². The van der Waals surface area contributed by atoms with Crippen LogP contribution in [0.15, 0.2) is 11.6 Å². The van der Waals surface area contributed by atoms with E-state index in [0.29, 0.717) is 24.7 Å². The van der Waals surface area contributed by atoms with Crippen molar-refractivity contribution in [1.82, 2.24) is 0 Å². The van der Waals surface area contributed by atoms with Gasteiger partial charge in [0, 0.05) is 18.6 Å². The van der Waals surface area contributed by atoms with Gasteiger partial charge in [0.1, 0.15) is 0 Å². The smallest absolute Gasteiger partial charge is 0.157 e. The monoisotopic (exact) mass is 210 g/mol. The van der Waals surface area contributed by atoms with E-state index < -0.39 is 0 Å². The largest absolute Gasteiger partial charge is 0.381 e. The zero-order valence-corrected chi connectivity index (χ0v) is 9.36. The maximum Gasteiger partial charge on any atom is 0.157 e. The zero-order valence-electron chi connectivity index (χ0n) is 9.36. The number of ketones is 1. The summed E-state index contributed by atoms with van der Waals surface area (Å²) in [6.07, 6.45) is 5.84. The van der Waals surface area contributed by atoms with Crippen molar-refractivity contribution in [2.45, 2.75) is 38.4 Å². The van der Waals surface area contributed by atoms with Crippen LogP contribution in [0.2, 0.25) is 0 Å². The first-order valence-corrected chi connectivity index (χ1v) is 5.56. The van der Waals surface area contributed by atoms with E-state index in [-0.39, 0.29) is 5.78 Å².